The number of carbonyl (C=O) groups is 1. The fourth-order valence-electron chi connectivity index (χ4n) is 1.49. The summed E-state index contributed by atoms with van der Waals surface area (Å²) in [5, 5.41) is 12.1. The van der Waals surface area contributed by atoms with E-state index in [2.05, 4.69) is 5.32 Å². The number of likely N-dealkylation sites (tertiary alicyclic amines) is 1. The highest BCUT2D eigenvalue weighted by Gasteiger charge is 2.36. The molecular formula is C8H16N2O2. The summed E-state index contributed by atoms with van der Waals surface area (Å²) in [7, 11) is 0. The lowest BCUT2D eigenvalue weighted by molar-refractivity contribution is -0.130. The number of nitrogens with zero attached hydrogens (tertiary/aromatic N) is 1. The van der Waals surface area contributed by atoms with Gasteiger partial charge >= 0.3 is 0 Å². The maximum Gasteiger partial charge on any atom is 0.234 e. The van der Waals surface area contributed by atoms with Crippen LogP contribution in [0.25, 0.3) is 0 Å². The first-order valence-corrected chi connectivity index (χ1v) is 4.25. The summed E-state index contributed by atoms with van der Waals surface area (Å²) in [4.78, 5) is 12.9. The highest BCUT2D eigenvalue weighted by atomic mass is 16.3. The number of likely N-dealkylation sites (N-methyl/N-ethyl adjacent to an activating group) is 1. The molecule has 0 aromatic rings. The zero-order valence-corrected chi connectivity index (χ0v) is 7.63. The third kappa shape index (κ3) is 2.46. The fourth-order valence-corrected chi connectivity index (χ4v) is 1.49. The van der Waals surface area contributed by atoms with Crippen LogP contribution in [-0.4, -0.2) is 47.7 Å². The maximum atomic E-state index is 11.0. The molecule has 0 atom stereocenters. The number of aliphatic hydroxyl groups is 1. The molecule has 0 aromatic heterocycles. The lowest BCUT2D eigenvalue weighted by Crippen LogP contribution is -2.61. The van der Waals surface area contributed by atoms with E-state index in [0.717, 1.165) is 0 Å². The molecule has 1 aliphatic rings. The molecule has 1 saturated heterocycles. The largest absolute Gasteiger partial charge is 0.388 e. The number of hydrogen-bond acceptors (Lipinski definition) is 3. The summed E-state index contributed by atoms with van der Waals surface area (Å²) in [5.74, 6) is 0.0352. The second-order valence-corrected chi connectivity index (χ2v) is 3.60. The minimum Gasteiger partial charge on any atom is -0.388 e. The molecule has 0 aromatic carbocycles. The molecule has 1 amide bonds. The van der Waals surface area contributed by atoms with Gasteiger partial charge in [0.25, 0.3) is 0 Å². The average molecular weight is 172 g/mol. The number of amides is 1. The summed E-state index contributed by atoms with van der Waals surface area (Å²) < 4.78 is 0. The molecule has 1 rings (SSSR count). The summed E-state index contributed by atoms with van der Waals surface area (Å²) >= 11 is 0. The standard InChI is InChI=1S/C8H16N2O2/c1-3-9-7(11)4-10-5-8(2,12)6-10/h12H,3-6H2,1-2H3,(H,9,11). The van der Waals surface area contributed by atoms with Crippen LogP contribution in [0.2, 0.25) is 0 Å². The van der Waals surface area contributed by atoms with Crippen molar-refractivity contribution in [3.8, 4) is 0 Å². The highest BCUT2D eigenvalue weighted by molar-refractivity contribution is 5.78. The molecule has 0 radical (unpaired) electrons. The van der Waals surface area contributed by atoms with E-state index in [0.29, 0.717) is 26.2 Å². The van der Waals surface area contributed by atoms with E-state index in [-0.39, 0.29) is 5.91 Å². The Morgan fingerprint density at radius 3 is 2.67 bits per heavy atom. The van der Waals surface area contributed by atoms with Crippen molar-refractivity contribution in [3.63, 3.8) is 0 Å². The summed E-state index contributed by atoms with van der Waals surface area (Å²) in [6.07, 6.45) is 0. The Labute approximate surface area is 72.6 Å². The van der Waals surface area contributed by atoms with Gasteiger partial charge in [-0.3, -0.25) is 9.69 Å². The van der Waals surface area contributed by atoms with Crippen LogP contribution in [0.15, 0.2) is 0 Å². The summed E-state index contributed by atoms with van der Waals surface area (Å²) in [5.41, 5.74) is -0.577. The second kappa shape index (κ2) is 3.41. The number of rotatable bonds is 3. The minimum atomic E-state index is -0.577. The van der Waals surface area contributed by atoms with E-state index in [1.54, 1.807) is 6.92 Å². The monoisotopic (exact) mass is 172 g/mol. The van der Waals surface area contributed by atoms with Gasteiger partial charge in [0.15, 0.2) is 0 Å². The van der Waals surface area contributed by atoms with E-state index in [4.69, 9.17) is 0 Å². The van der Waals surface area contributed by atoms with Crippen LogP contribution in [-0.2, 0) is 4.79 Å². The predicted octanol–water partition coefficient (Wildman–Crippen LogP) is -0.811. The first-order chi connectivity index (χ1) is 5.53. The van der Waals surface area contributed by atoms with Gasteiger partial charge < -0.3 is 10.4 Å². The number of nitrogens with one attached hydrogen (secondary N) is 1. The van der Waals surface area contributed by atoms with Crippen LogP contribution in [0, 0.1) is 0 Å². The smallest absolute Gasteiger partial charge is 0.234 e. The maximum absolute atomic E-state index is 11.0. The Kier molecular flexibility index (Phi) is 2.69. The van der Waals surface area contributed by atoms with Gasteiger partial charge in [-0.1, -0.05) is 0 Å². The molecule has 1 aliphatic heterocycles. The van der Waals surface area contributed by atoms with Crippen LogP contribution >= 0.6 is 0 Å². The Morgan fingerprint density at radius 1 is 1.67 bits per heavy atom. The van der Waals surface area contributed by atoms with Crippen molar-refractivity contribution in [1.29, 1.82) is 0 Å². The van der Waals surface area contributed by atoms with Crippen molar-refractivity contribution in [1.82, 2.24) is 10.2 Å². The average Bonchev–Trinajstić information content (AvgIpc) is 1.83. The van der Waals surface area contributed by atoms with Gasteiger partial charge in [0.2, 0.25) is 5.91 Å². The number of β-amino-alcohol motifs (C(OH)–C–C–N with tert-alkyl or cyclic N) is 1. The lowest BCUT2D eigenvalue weighted by atomic mass is 9.97. The van der Waals surface area contributed by atoms with E-state index in [9.17, 15) is 9.90 Å². The van der Waals surface area contributed by atoms with Gasteiger partial charge in [-0.15, -0.1) is 0 Å². The molecule has 1 heterocycles. The van der Waals surface area contributed by atoms with E-state index >= 15 is 0 Å². The highest BCUT2D eigenvalue weighted by Crippen LogP contribution is 2.18. The van der Waals surface area contributed by atoms with Gasteiger partial charge in [-0.2, -0.15) is 0 Å². The minimum absolute atomic E-state index is 0.0352. The zero-order chi connectivity index (χ0) is 9.19. The Bertz CT molecular complexity index is 172. The van der Waals surface area contributed by atoms with Crippen molar-refractivity contribution >= 4 is 5.91 Å². The van der Waals surface area contributed by atoms with Crippen LogP contribution in [0.1, 0.15) is 13.8 Å². The molecular weight excluding hydrogens is 156 g/mol. The van der Waals surface area contributed by atoms with Gasteiger partial charge in [0.1, 0.15) is 0 Å². The topological polar surface area (TPSA) is 52.6 Å². The molecule has 12 heavy (non-hydrogen) atoms. The van der Waals surface area contributed by atoms with Crippen molar-refractivity contribution in [2.75, 3.05) is 26.2 Å². The van der Waals surface area contributed by atoms with Gasteiger partial charge in [0.05, 0.1) is 12.1 Å². The van der Waals surface area contributed by atoms with Crippen LogP contribution in [0.4, 0.5) is 0 Å². The zero-order valence-electron chi connectivity index (χ0n) is 7.63. The predicted molar refractivity (Wildman–Crippen MR) is 45.7 cm³/mol. The number of hydrogen-bond donors (Lipinski definition) is 2. The van der Waals surface area contributed by atoms with Crippen LogP contribution in [0.5, 0.6) is 0 Å². The van der Waals surface area contributed by atoms with Crippen molar-refractivity contribution in [2.45, 2.75) is 19.4 Å². The Morgan fingerprint density at radius 2 is 2.25 bits per heavy atom. The van der Waals surface area contributed by atoms with Crippen molar-refractivity contribution < 1.29 is 9.90 Å². The molecule has 0 saturated carbocycles. The first-order valence-electron chi connectivity index (χ1n) is 4.25. The lowest BCUT2D eigenvalue weighted by Gasteiger charge is -2.43. The normalized spacial score (nSPS) is 21.6. The van der Waals surface area contributed by atoms with Gasteiger partial charge in [0, 0.05) is 19.6 Å². The SMILES string of the molecule is CCNC(=O)CN1CC(C)(O)C1. The van der Waals surface area contributed by atoms with E-state index < -0.39 is 5.60 Å². The van der Waals surface area contributed by atoms with Crippen LogP contribution in [0.3, 0.4) is 0 Å². The number of carbonyl (C=O) groups excluding carboxylic acids is 1. The quantitative estimate of drug-likeness (QED) is 0.585. The molecule has 0 spiro atoms. The van der Waals surface area contributed by atoms with Crippen molar-refractivity contribution in [2.24, 2.45) is 0 Å². The van der Waals surface area contributed by atoms with Crippen LogP contribution < -0.4 is 5.32 Å². The molecule has 0 unspecified atom stereocenters. The van der Waals surface area contributed by atoms with Gasteiger partial charge in [-0.05, 0) is 13.8 Å². The summed E-state index contributed by atoms with van der Waals surface area (Å²) in [6, 6.07) is 0. The molecule has 4 heteroatoms. The fraction of sp³-hybridized carbons (Fsp3) is 0.875. The third-order valence-electron chi connectivity index (χ3n) is 1.87. The second-order valence-electron chi connectivity index (χ2n) is 3.60. The van der Waals surface area contributed by atoms with E-state index in [1.165, 1.54) is 0 Å². The molecule has 1 fully saturated rings. The molecule has 0 aliphatic carbocycles. The first kappa shape index (κ1) is 9.48. The molecule has 2 N–H and O–H groups in total. The van der Waals surface area contributed by atoms with E-state index in [1.807, 2.05) is 11.8 Å². The van der Waals surface area contributed by atoms with Crippen molar-refractivity contribution in [3.05, 3.63) is 0 Å². The van der Waals surface area contributed by atoms with Gasteiger partial charge in [-0.25, -0.2) is 0 Å². The molecule has 4 nitrogen and oxygen atoms in total. The molecule has 70 valence electrons. The Balaban J connectivity index is 2.14. The summed E-state index contributed by atoms with van der Waals surface area (Å²) in [6.45, 7) is 5.95. The third-order valence-corrected chi connectivity index (χ3v) is 1.87. The Hall–Kier alpha value is -0.610. The molecule has 0 bridgehead atoms.